The second kappa shape index (κ2) is 11.1. The molecule has 0 radical (unpaired) electrons. The van der Waals surface area contributed by atoms with Crippen LogP contribution in [0.4, 0.5) is 0 Å². The first-order chi connectivity index (χ1) is 16.5. The van der Waals surface area contributed by atoms with Crippen molar-refractivity contribution in [1.29, 1.82) is 0 Å². The largest absolute Gasteiger partial charge is 0.493 e. The molecule has 5 rings (SSSR count). The summed E-state index contributed by atoms with van der Waals surface area (Å²) in [5.74, 6) is 1.49. The molecular formula is C26H35ClN4O4. The summed E-state index contributed by atoms with van der Waals surface area (Å²) in [6.45, 7) is 6.34. The monoisotopic (exact) mass is 502 g/mol. The van der Waals surface area contributed by atoms with Crippen LogP contribution < -0.4 is 15.2 Å². The van der Waals surface area contributed by atoms with Gasteiger partial charge in [0.2, 0.25) is 0 Å². The number of nitrogens with zero attached hydrogens (tertiary/aromatic N) is 3. The molecule has 2 N–H and O–H groups in total. The van der Waals surface area contributed by atoms with Gasteiger partial charge in [-0.3, -0.25) is 14.7 Å². The number of aryl methyl sites for hydroxylation is 1. The number of methoxy groups -OCH3 is 1. The minimum atomic E-state index is -0.0247. The summed E-state index contributed by atoms with van der Waals surface area (Å²) >= 11 is 0. The first-order valence-corrected chi connectivity index (χ1v) is 12.1. The van der Waals surface area contributed by atoms with Gasteiger partial charge in [-0.15, -0.1) is 12.4 Å². The Hall–Kier alpha value is -2.39. The minimum absolute atomic E-state index is 0. The van der Waals surface area contributed by atoms with Gasteiger partial charge >= 0.3 is 0 Å². The maximum atomic E-state index is 12.5. The molecule has 1 aromatic heterocycles. The van der Waals surface area contributed by atoms with Crippen molar-refractivity contribution in [3.05, 3.63) is 52.8 Å². The summed E-state index contributed by atoms with van der Waals surface area (Å²) in [6, 6.07) is 8.61. The van der Waals surface area contributed by atoms with E-state index in [1.54, 1.807) is 12.0 Å². The number of pyridine rings is 1. The Bertz CT molecular complexity index is 1050. The van der Waals surface area contributed by atoms with E-state index in [9.17, 15) is 4.79 Å². The van der Waals surface area contributed by atoms with Crippen molar-refractivity contribution in [2.75, 3.05) is 53.1 Å². The number of piperidine rings is 1. The quantitative estimate of drug-likeness (QED) is 0.671. The van der Waals surface area contributed by atoms with Crippen molar-refractivity contribution in [1.82, 2.24) is 14.8 Å². The third-order valence-electron chi connectivity index (χ3n) is 7.37. The highest BCUT2D eigenvalue weighted by atomic mass is 35.5. The first-order valence-electron chi connectivity index (χ1n) is 12.1. The number of aromatic nitrogens is 1. The Morgan fingerprint density at radius 3 is 2.74 bits per heavy atom. The number of halogens is 1. The van der Waals surface area contributed by atoms with E-state index >= 15 is 0 Å². The van der Waals surface area contributed by atoms with Crippen LogP contribution in [0.5, 0.6) is 11.5 Å². The SMILES string of the molecule is COc1cc2c(cc1OCC(=O)N1CCOCC1)CCN1CC(c3cc(C)ccn3)C(N)CC21.Cl. The summed E-state index contributed by atoms with van der Waals surface area (Å²) in [5, 5.41) is 0. The van der Waals surface area contributed by atoms with Crippen LogP contribution in [0.2, 0.25) is 0 Å². The van der Waals surface area contributed by atoms with Crippen molar-refractivity contribution < 1.29 is 19.0 Å². The van der Waals surface area contributed by atoms with E-state index in [4.69, 9.17) is 19.9 Å². The third kappa shape index (κ3) is 5.40. The van der Waals surface area contributed by atoms with E-state index in [0.717, 1.165) is 31.6 Å². The molecule has 35 heavy (non-hydrogen) atoms. The molecule has 1 amide bonds. The molecule has 4 heterocycles. The molecular weight excluding hydrogens is 468 g/mol. The number of hydrogen-bond acceptors (Lipinski definition) is 7. The molecule has 0 bridgehead atoms. The van der Waals surface area contributed by atoms with Crippen LogP contribution in [-0.2, 0) is 16.0 Å². The van der Waals surface area contributed by atoms with E-state index in [-0.39, 0.29) is 42.9 Å². The van der Waals surface area contributed by atoms with Crippen molar-refractivity contribution in [2.45, 2.75) is 37.8 Å². The Morgan fingerprint density at radius 2 is 2.00 bits per heavy atom. The van der Waals surface area contributed by atoms with Crippen LogP contribution in [0.25, 0.3) is 0 Å². The predicted octanol–water partition coefficient (Wildman–Crippen LogP) is 2.47. The lowest BCUT2D eigenvalue weighted by atomic mass is 9.79. The van der Waals surface area contributed by atoms with Crippen LogP contribution in [0.1, 0.15) is 40.8 Å². The molecule has 2 saturated heterocycles. The molecule has 3 aliphatic heterocycles. The van der Waals surface area contributed by atoms with E-state index < -0.39 is 0 Å². The van der Waals surface area contributed by atoms with Crippen LogP contribution in [-0.4, -0.2) is 79.8 Å². The van der Waals surface area contributed by atoms with E-state index in [1.165, 1.54) is 16.7 Å². The number of benzene rings is 1. The average Bonchev–Trinajstić information content (AvgIpc) is 2.86. The Balaban J connectivity index is 0.00000289. The Labute approximate surface area is 213 Å². The number of carbonyl (C=O) groups excluding carboxylic acids is 1. The Morgan fingerprint density at radius 1 is 1.20 bits per heavy atom. The molecule has 3 atom stereocenters. The molecule has 2 aromatic rings. The minimum Gasteiger partial charge on any atom is -0.493 e. The number of amides is 1. The standard InChI is InChI=1S/C26H34N4O4.ClH/c1-17-3-5-28-22(11-17)20-15-30-6-4-18-12-25(34-16-26(31)29-7-9-33-10-8-29)24(32-2)13-19(18)23(30)14-21(20)27;/h3,5,11-13,20-21,23H,4,6-10,14-16,27H2,1-2H3;1H. The first kappa shape index (κ1) is 25.7. The second-order valence-corrected chi connectivity index (χ2v) is 9.51. The number of rotatable bonds is 5. The number of morpholine rings is 1. The summed E-state index contributed by atoms with van der Waals surface area (Å²) in [7, 11) is 1.64. The fourth-order valence-electron chi connectivity index (χ4n) is 5.46. The van der Waals surface area contributed by atoms with Gasteiger partial charge in [-0.1, -0.05) is 0 Å². The summed E-state index contributed by atoms with van der Waals surface area (Å²) in [5.41, 5.74) is 11.5. The lowest BCUT2D eigenvalue weighted by Gasteiger charge is -2.46. The van der Waals surface area contributed by atoms with Gasteiger partial charge < -0.3 is 24.8 Å². The van der Waals surface area contributed by atoms with Crippen LogP contribution in [0.15, 0.2) is 30.5 Å². The van der Waals surface area contributed by atoms with Gasteiger partial charge in [0.05, 0.1) is 20.3 Å². The molecule has 9 heteroatoms. The highest BCUT2D eigenvalue weighted by Gasteiger charge is 2.39. The van der Waals surface area contributed by atoms with E-state index in [1.807, 2.05) is 12.3 Å². The van der Waals surface area contributed by atoms with Gasteiger partial charge in [-0.2, -0.15) is 0 Å². The van der Waals surface area contributed by atoms with Gasteiger partial charge in [-0.25, -0.2) is 0 Å². The summed E-state index contributed by atoms with van der Waals surface area (Å²) < 4.78 is 16.9. The average molecular weight is 503 g/mol. The molecule has 3 unspecified atom stereocenters. The molecule has 0 aliphatic carbocycles. The van der Waals surface area contributed by atoms with Gasteiger partial charge in [0, 0.05) is 56.1 Å². The fourth-order valence-corrected chi connectivity index (χ4v) is 5.46. The highest BCUT2D eigenvalue weighted by molar-refractivity contribution is 5.85. The predicted molar refractivity (Wildman–Crippen MR) is 135 cm³/mol. The second-order valence-electron chi connectivity index (χ2n) is 9.51. The van der Waals surface area contributed by atoms with Crippen LogP contribution >= 0.6 is 12.4 Å². The summed E-state index contributed by atoms with van der Waals surface area (Å²) in [6.07, 6.45) is 3.67. The number of fused-ring (bicyclic) bond motifs is 3. The molecule has 0 saturated carbocycles. The molecule has 1 aromatic carbocycles. The van der Waals surface area contributed by atoms with Gasteiger partial charge in [0.1, 0.15) is 0 Å². The zero-order valence-electron chi connectivity index (χ0n) is 20.4. The number of carbonyl (C=O) groups is 1. The fraction of sp³-hybridized carbons (Fsp3) is 0.538. The number of hydrogen-bond donors (Lipinski definition) is 1. The van der Waals surface area contributed by atoms with Crippen molar-refractivity contribution in [3.8, 4) is 11.5 Å². The molecule has 0 spiro atoms. The highest BCUT2D eigenvalue weighted by Crippen LogP contribution is 2.44. The van der Waals surface area contributed by atoms with Crippen molar-refractivity contribution in [3.63, 3.8) is 0 Å². The normalized spacial score (nSPS) is 24.1. The third-order valence-corrected chi connectivity index (χ3v) is 7.37. The zero-order valence-corrected chi connectivity index (χ0v) is 21.3. The molecule has 2 fully saturated rings. The van der Waals surface area contributed by atoms with E-state index in [0.29, 0.717) is 37.8 Å². The summed E-state index contributed by atoms with van der Waals surface area (Å²) in [4.78, 5) is 21.5. The smallest absolute Gasteiger partial charge is 0.260 e. The topological polar surface area (TPSA) is 90.1 Å². The van der Waals surface area contributed by atoms with Crippen molar-refractivity contribution in [2.24, 2.45) is 5.73 Å². The Kier molecular flexibility index (Phi) is 8.16. The maximum Gasteiger partial charge on any atom is 0.260 e. The van der Waals surface area contributed by atoms with Gasteiger partial charge in [-0.05, 0) is 60.7 Å². The van der Waals surface area contributed by atoms with Gasteiger partial charge in [0.15, 0.2) is 18.1 Å². The van der Waals surface area contributed by atoms with Gasteiger partial charge in [0.25, 0.3) is 5.91 Å². The zero-order chi connectivity index (χ0) is 23.7. The van der Waals surface area contributed by atoms with Crippen LogP contribution in [0, 0.1) is 6.92 Å². The number of ether oxygens (including phenoxy) is 3. The molecule has 3 aliphatic rings. The lowest BCUT2D eigenvalue weighted by molar-refractivity contribution is -0.137. The van der Waals surface area contributed by atoms with Crippen molar-refractivity contribution >= 4 is 18.3 Å². The van der Waals surface area contributed by atoms with Crippen LogP contribution in [0.3, 0.4) is 0 Å². The van der Waals surface area contributed by atoms with E-state index in [2.05, 4.69) is 35.0 Å². The lowest BCUT2D eigenvalue weighted by Crippen LogP contribution is -2.50. The molecule has 8 nitrogen and oxygen atoms in total. The maximum absolute atomic E-state index is 12.5. The molecule has 190 valence electrons. The number of nitrogens with two attached hydrogens (primary N) is 1.